The van der Waals surface area contributed by atoms with Crippen molar-refractivity contribution in [3.8, 4) is 0 Å². The highest BCUT2D eigenvalue weighted by atomic mass is 16.2. The lowest BCUT2D eigenvalue weighted by Crippen LogP contribution is -2.37. The molecule has 1 amide bonds. The second-order valence-corrected chi connectivity index (χ2v) is 4.96. The third-order valence-corrected chi connectivity index (χ3v) is 3.43. The third-order valence-electron chi connectivity index (χ3n) is 3.43. The van der Waals surface area contributed by atoms with E-state index in [1.807, 2.05) is 10.9 Å². The minimum Gasteiger partial charge on any atom is -0.294 e. The Kier molecular flexibility index (Phi) is 3.47. The van der Waals surface area contributed by atoms with Gasteiger partial charge in [-0.3, -0.25) is 14.9 Å². The number of hydrogen-bond donors (Lipinski definition) is 2. The maximum atomic E-state index is 11.7. The predicted octanol–water partition coefficient (Wildman–Crippen LogP) is 0.949. The van der Waals surface area contributed by atoms with Gasteiger partial charge in [-0.25, -0.2) is 5.84 Å². The number of rotatable bonds is 2. The fraction of sp³-hybridized carbons (Fsp3) is 0.667. The van der Waals surface area contributed by atoms with Gasteiger partial charge in [0.15, 0.2) is 0 Å². The summed E-state index contributed by atoms with van der Waals surface area (Å²) < 4.78 is 2.03. The molecule has 1 aliphatic carbocycles. The summed E-state index contributed by atoms with van der Waals surface area (Å²) >= 11 is 0. The highest BCUT2D eigenvalue weighted by Gasteiger charge is 2.25. The van der Waals surface area contributed by atoms with Crippen molar-refractivity contribution < 1.29 is 4.79 Å². The van der Waals surface area contributed by atoms with Crippen LogP contribution in [0.5, 0.6) is 0 Å². The van der Waals surface area contributed by atoms with Crippen LogP contribution < -0.4 is 11.3 Å². The van der Waals surface area contributed by atoms with Gasteiger partial charge < -0.3 is 0 Å². The van der Waals surface area contributed by atoms with Crippen LogP contribution in [0.25, 0.3) is 0 Å². The number of nitrogens with zero attached hydrogens (tertiary/aromatic N) is 2. The van der Waals surface area contributed by atoms with Crippen molar-refractivity contribution in [2.45, 2.75) is 45.6 Å². The summed E-state index contributed by atoms with van der Waals surface area (Å²) in [5, 5.41) is 4.41. The van der Waals surface area contributed by atoms with E-state index in [4.69, 9.17) is 5.84 Å². The molecule has 0 fully saturated rings. The standard InChI is InChI=1S/C12H20N4O/c1-8(2)16-11-6-9(12(17)15-13)4-3-5-10(11)7-14-16/h7-9H,3-6,13H2,1-2H3,(H,15,17)/t9-/m1/s1. The Morgan fingerprint density at radius 1 is 1.65 bits per heavy atom. The number of carbonyl (C=O) groups is 1. The van der Waals surface area contributed by atoms with Crippen molar-refractivity contribution in [2.75, 3.05) is 0 Å². The topological polar surface area (TPSA) is 72.9 Å². The molecular weight excluding hydrogens is 216 g/mol. The van der Waals surface area contributed by atoms with Gasteiger partial charge in [0.25, 0.3) is 0 Å². The summed E-state index contributed by atoms with van der Waals surface area (Å²) in [5.74, 6) is 5.15. The van der Waals surface area contributed by atoms with Crippen LogP contribution in [0.1, 0.15) is 44.0 Å². The molecule has 0 aliphatic heterocycles. The Balaban J connectivity index is 2.28. The lowest BCUT2D eigenvalue weighted by Gasteiger charge is -2.15. The van der Waals surface area contributed by atoms with Gasteiger partial charge in [0.2, 0.25) is 5.91 Å². The molecule has 0 bridgehead atoms. The molecule has 0 spiro atoms. The summed E-state index contributed by atoms with van der Waals surface area (Å²) in [5.41, 5.74) is 4.75. The normalized spacial score (nSPS) is 19.9. The van der Waals surface area contributed by atoms with E-state index in [1.54, 1.807) is 0 Å². The third kappa shape index (κ3) is 2.34. The average Bonchev–Trinajstić information content (AvgIpc) is 2.59. The number of fused-ring (bicyclic) bond motifs is 1. The van der Waals surface area contributed by atoms with E-state index in [9.17, 15) is 4.79 Å². The Morgan fingerprint density at radius 2 is 2.41 bits per heavy atom. The van der Waals surface area contributed by atoms with Crippen molar-refractivity contribution in [2.24, 2.45) is 11.8 Å². The average molecular weight is 236 g/mol. The molecule has 0 aromatic carbocycles. The monoisotopic (exact) mass is 236 g/mol. The fourth-order valence-electron chi connectivity index (χ4n) is 2.52. The quantitative estimate of drug-likeness (QED) is 0.347. The van der Waals surface area contributed by atoms with Crippen molar-refractivity contribution >= 4 is 5.91 Å². The van der Waals surface area contributed by atoms with Crippen molar-refractivity contribution in [1.29, 1.82) is 0 Å². The second kappa shape index (κ2) is 4.87. The number of hydrazine groups is 1. The lowest BCUT2D eigenvalue weighted by molar-refractivity contribution is -0.125. The van der Waals surface area contributed by atoms with Gasteiger partial charge in [0, 0.05) is 24.1 Å². The van der Waals surface area contributed by atoms with Crippen LogP contribution in [0.2, 0.25) is 0 Å². The number of hydrogen-bond acceptors (Lipinski definition) is 3. The minimum atomic E-state index is -0.0608. The molecule has 2 rings (SSSR count). The van der Waals surface area contributed by atoms with Crippen molar-refractivity contribution in [1.82, 2.24) is 15.2 Å². The highest BCUT2D eigenvalue weighted by Crippen LogP contribution is 2.26. The summed E-state index contributed by atoms with van der Waals surface area (Å²) in [6, 6.07) is 0.332. The van der Waals surface area contributed by atoms with E-state index < -0.39 is 0 Å². The Labute approximate surface area is 101 Å². The predicted molar refractivity (Wildman–Crippen MR) is 65.1 cm³/mol. The van der Waals surface area contributed by atoms with Gasteiger partial charge in [-0.15, -0.1) is 0 Å². The molecule has 0 saturated heterocycles. The molecular formula is C12H20N4O. The Bertz CT molecular complexity index is 411. The summed E-state index contributed by atoms with van der Waals surface area (Å²) in [4.78, 5) is 11.7. The van der Waals surface area contributed by atoms with Crippen LogP contribution in [-0.4, -0.2) is 15.7 Å². The van der Waals surface area contributed by atoms with Gasteiger partial charge in [-0.1, -0.05) is 0 Å². The molecule has 0 saturated carbocycles. The summed E-state index contributed by atoms with van der Waals surface area (Å²) in [6.45, 7) is 4.21. The zero-order valence-corrected chi connectivity index (χ0v) is 10.4. The summed E-state index contributed by atoms with van der Waals surface area (Å²) in [6.07, 6.45) is 5.62. The molecule has 5 nitrogen and oxygen atoms in total. The molecule has 1 aromatic heterocycles. The Morgan fingerprint density at radius 3 is 3.06 bits per heavy atom. The van der Waals surface area contributed by atoms with Crippen LogP contribution in [-0.2, 0) is 17.6 Å². The van der Waals surface area contributed by atoms with Crippen molar-refractivity contribution in [3.63, 3.8) is 0 Å². The van der Waals surface area contributed by atoms with E-state index in [0.717, 1.165) is 25.7 Å². The first kappa shape index (κ1) is 12.1. The van der Waals surface area contributed by atoms with E-state index in [-0.39, 0.29) is 11.8 Å². The van der Waals surface area contributed by atoms with Crippen LogP contribution in [0.4, 0.5) is 0 Å². The number of nitrogens with two attached hydrogens (primary N) is 1. The van der Waals surface area contributed by atoms with Crippen LogP contribution in [0.3, 0.4) is 0 Å². The Hall–Kier alpha value is -1.36. The van der Waals surface area contributed by atoms with Gasteiger partial charge in [0.05, 0.1) is 6.20 Å². The van der Waals surface area contributed by atoms with Gasteiger partial charge in [-0.05, 0) is 38.7 Å². The molecule has 5 heteroatoms. The van der Waals surface area contributed by atoms with Crippen LogP contribution in [0, 0.1) is 5.92 Å². The van der Waals surface area contributed by atoms with E-state index in [0.29, 0.717) is 6.04 Å². The fourth-order valence-corrected chi connectivity index (χ4v) is 2.52. The van der Waals surface area contributed by atoms with E-state index in [2.05, 4.69) is 24.4 Å². The molecule has 3 N–H and O–H groups in total. The first-order chi connectivity index (χ1) is 8.13. The smallest absolute Gasteiger partial charge is 0.237 e. The molecule has 94 valence electrons. The van der Waals surface area contributed by atoms with Gasteiger partial charge in [0.1, 0.15) is 0 Å². The largest absolute Gasteiger partial charge is 0.294 e. The maximum absolute atomic E-state index is 11.7. The zero-order chi connectivity index (χ0) is 12.4. The summed E-state index contributed by atoms with van der Waals surface area (Å²) in [7, 11) is 0. The number of nitrogens with one attached hydrogen (secondary N) is 1. The maximum Gasteiger partial charge on any atom is 0.237 e. The lowest BCUT2D eigenvalue weighted by atomic mass is 9.99. The molecule has 1 atom stereocenters. The molecule has 0 unspecified atom stereocenters. The second-order valence-electron chi connectivity index (χ2n) is 4.96. The van der Waals surface area contributed by atoms with Gasteiger partial charge >= 0.3 is 0 Å². The SMILES string of the molecule is CC(C)n1ncc2c1C[C@H](C(=O)NN)CCC2. The number of amides is 1. The number of carbonyl (C=O) groups excluding carboxylic acids is 1. The first-order valence-electron chi connectivity index (χ1n) is 6.19. The van der Waals surface area contributed by atoms with Crippen LogP contribution in [0.15, 0.2) is 6.20 Å². The van der Waals surface area contributed by atoms with Crippen molar-refractivity contribution in [3.05, 3.63) is 17.5 Å². The molecule has 17 heavy (non-hydrogen) atoms. The van der Waals surface area contributed by atoms with E-state index in [1.165, 1.54) is 11.3 Å². The first-order valence-corrected chi connectivity index (χ1v) is 6.19. The van der Waals surface area contributed by atoms with Crippen LogP contribution >= 0.6 is 0 Å². The zero-order valence-electron chi connectivity index (χ0n) is 10.4. The molecule has 0 radical (unpaired) electrons. The van der Waals surface area contributed by atoms with Gasteiger partial charge in [-0.2, -0.15) is 5.10 Å². The van der Waals surface area contributed by atoms with E-state index >= 15 is 0 Å². The minimum absolute atomic E-state index is 0.0181. The number of aromatic nitrogens is 2. The molecule has 1 aromatic rings. The molecule has 1 heterocycles. The molecule has 1 aliphatic rings. The highest BCUT2D eigenvalue weighted by molar-refractivity contribution is 5.78. The number of aryl methyl sites for hydroxylation is 1.